The minimum absolute atomic E-state index is 0.152. The second-order valence-electron chi connectivity index (χ2n) is 5.55. The third-order valence-corrected chi connectivity index (χ3v) is 3.57. The number of amides is 1. The highest BCUT2D eigenvalue weighted by Crippen LogP contribution is 2.14. The van der Waals surface area contributed by atoms with Crippen LogP contribution in [0.25, 0.3) is 0 Å². The van der Waals surface area contributed by atoms with Crippen LogP contribution in [0.3, 0.4) is 0 Å². The zero-order chi connectivity index (χ0) is 16.1. The highest BCUT2D eigenvalue weighted by Gasteiger charge is 2.13. The standard InChI is InChI=1S/C16H32N2O3/c1-4-8-13(9-5-2)12-21-15(19)10-7-11-18-14(6-3)16(17)20/h13-14,18H,4-12H2,1-3H3,(H2,17,20)/t14-/m0/s1. The first kappa shape index (κ1) is 19.9. The molecule has 0 rings (SSSR count). The number of hydrogen-bond donors (Lipinski definition) is 2. The second kappa shape index (κ2) is 12.6. The molecule has 0 spiro atoms. The van der Waals surface area contributed by atoms with Crippen molar-refractivity contribution in [1.82, 2.24) is 5.32 Å². The first-order chi connectivity index (χ1) is 10.0. The molecule has 0 saturated carbocycles. The van der Waals surface area contributed by atoms with Gasteiger partial charge in [0.25, 0.3) is 0 Å². The van der Waals surface area contributed by atoms with Gasteiger partial charge in [0.1, 0.15) is 0 Å². The number of primary amides is 1. The summed E-state index contributed by atoms with van der Waals surface area (Å²) in [5, 5.41) is 3.05. The molecule has 0 saturated heterocycles. The first-order valence-corrected chi connectivity index (χ1v) is 8.23. The van der Waals surface area contributed by atoms with E-state index in [1.165, 1.54) is 0 Å². The molecule has 5 nitrogen and oxygen atoms in total. The van der Waals surface area contributed by atoms with E-state index in [0.717, 1.165) is 25.7 Å². The SMILES string of the molecule is CCCC(CCC)COC(=O)CCCN[C@@H](CC)C(N)=O. The molecule has 1 atom stereocenters. The number of carbonyl (C=O) groups is 2. The first-order valence-electron chi connectivity index (χ1n) is 8.23. The highest BCUT2D eigenvalue weighted by molar-refractivity contribution is 5.79. The lowest BCUT2D eigenvalue weighted by molar-refractivity contribution is -0.145. The highest BCUT2D eigenvalue weighted by atomic mass is 16.5. The normalized spacial score (nSPS) is 12.4. The lowest BCUT2D eigenvalue weighted by Gasteiger charge is -2.15. The Balaban J connectivity index is 3.77. The van der Waals surface area contributed by atoms with Crippen LogP contribution in [-0.4, -0.2) is 31.1 Å². The molecule has 0 aromatic heterocycles. The number of nitrogens with one attached hydrogen (secondary N) is 1. The fraction of sp³-hybridized carbons (Fsp3) is 0.875. The van der Waals surface area contributed by atoms with Crippen molar-refractivity contribution in [2.24, 2.45) is 11.7 Å². The van der Waals surface area contributed by atoms with E-state index in [0.29, 0.717) is 38.3 Å². The molecule has 0 aromatic rings. The van der Waals surface area contributed by atoms with Crippen LogP contribution in [0.15, 0.2) is 0 Å². The van der Waals surface area contributed by atoms with E-state index < -0.39 is 0 Å². The number of rotatable bonds is 13. The number of esters is 1. The van der Waals surface area contributed by atoms with Crippen molar-refractivity contribution in [1.29, 1.82) is 0 Å². The van der Waals surface area contributed by atoms with E-state index in [9.17, 15) is 9.59 Å². The quantitative estimate of drug-likeness (QED) is 0.404. The van der Waals surface area contributed by atoms with Gasteiger partial charge in [-0.1, -0.05) is 33.6 Å². The second-order valence-corrected chi connectivity index (χ2v) is 5.55. The molecule has 0 unspecified atom stereocenters. The van der Waals surface area contributed by atoms with Crippen molar-refractivity contribution in [3.8, 4) is 0 Å². The van der Waals surface area contributed by atoms with Crippen molar-refractivity contribution in [3.05, 3.63) is 0 Å². The van der Waals surface area contributed by atoms with Crippen LogP contribution in [-0.2, 0) is 14.3 Å². The summed E-state index contributed by atoms with van der Waals surface area (Å²) in [5.74, 6) is -0.00964. The molecule has 0 bridgehead atoms. The molecule has 0 heterocycles. The number of carbonyl (C=O) groups excluding carboxylic acids is 2. The third-order valence-electron chi connectivity index (χ3n) is 3.57. The molecule has 0 fully saturated rings. The topological polar surface area (TPSA) is 81.4 Å². The van der Waals surface area contributed by atoms with E-state index in [1.54, 1.807) is 0 Å². The zero-order valence-corrected chi connectivity index (χ0v) is 13.8. The van der Waals surface area contributed by atoms with Crippen LogP contribution < -0.4 is 11.1 Å². The van der Waals surface area contributed by atoms with Gasteiger partial charge in [0.15, 0.2) is 0 Å². The Labute approximate surface area is 129 Å². The summed E-state index contributed by atoms with van der Waals surface area (Å²) in [4.78, 5) is 22.7. The molecule has 0 aliphatic heterocycles. The summed E-state index contributed by atoms with van der Waals surface area (Å²) in [6.45, 7) is 7.34. The summed E-state index contributed by atoms with van der Waals surface area (Å²) in [5.41, 5.74) is 5.23. The van der Waals surface area contributed by atoms with Crippen LogP contribution in [0.5, 0.6) is 0 Å². The van der Waals surface area contributed by atoms with Crippen molar-refractivity contribution in [3.63, 3.8) is 0 Å². The maximum absolute atomic E-state index is 11.7. The van der Waals surface area contributed by atoms with Crippen LogP contribution in [0.2, 0.25) is 0 Å². The predicted molar refractivity (Wildman–Crippen MR) is 84.8 cm³/mol. The van der Waals surface area contributed by atoms with Gasteiger partial charge in [-0.2, -0.15) is 0 Å². The Kier molecular flexibility index (Phi) is 12.0. The fourth-order valence-electron chi connectivity index (χ4n) is 2.37. The largest absolute Gasteiger partial charge is 0.465 e. The Morgan fingerprint density at radius 2 is 1.76 bits per heavy atom. The molecule has 0 aliphatic rings. The minimum Gasteiger partial charge on any atom is -0.465 e. The lowest BCUT2D eigenvalue weighted by atomic mass is 9.99. The minimum atomic E-state index is -0.345. The van der Waals surface area contributed by atoms with Gasteiger partial charge in [-0.3, -0.25) is 9.59 Å². The lowest BCUT2D eigenvalue weighted by Crippen LogP contribution is -2.41. The van der Waals surface area contributed by atoms with Crippen LogP contribution in [0.4, 0.5) is 0 Å². The van der Waals surface area contributed by atoms with Crippen LogP contribution in [0, 0.1) is 5.92 Å². The van der Waals surface area contributed by atoms with E-state index in [4.69, 9.17) is 10.5 Å². The van der Waals surface area contributed by atoms with Gasteiger partial charge >= 0.3 is 5.97 Å². The third kappa shape index (κ3) is 10.3. The van der Waals surface area contributed by atoms with E-state index in [1.807, 2.05) is 6.92 Å². The Bertz CT molecular complexity index is 289. The van der Waals surface area contributed by atoms with Crippen molar-refractivity contribution < 1.29 is 14.3 Å². The summed E-state index contributed by atoms with van der Waals surface area (Å²) in [6.07, 6.45) is 6.17. The molecule has 0 aliphatic carbocycles. The summed E-state index contributed by atoms with van der Waals surface area (Å²) >= 11 is 0. The Morgan fingerprint density at radius 3 is 2.24 bits per heavy atom. The van der Waals surface area contributed by atoms with Gasteiger partial charge in [-0.25, -0.2) is 0 Å². The van der Waals surface area contributed by atoms with Gasteiger partial charge in [-0.05, 0) is 38.1 Å². The molecule has 0 radical (unpaired) electrons. The molecule has 3 N–H and O–H groups in total. The monoisotopic (exact) mass is 300 g/mol. The average molecular weight is 300 g/mol. The molecular formula is C16H32N2O3. The van der Waals surface area contributed by atoms with Gasteiger partial charge in [0.2, 0.25) is 5.91 Å². The van der Waals surface area contributed by atoms with Crippen LogP contribution >= 0.6 is 0 Å². The molecule has 5 heteroatoms. The molecule has 0 aromatic carbocycles. The molecule has 124 valence electrons. The number of nitrogens with two attached hydrogens (primary N) is 1. The van der Waals surface area contributed by atoms with Crippen LogP contribution in [0.1, 0.15) is 65.7 Å². The van der Waals surface area contributed by atoms with Crippen molar-refractivity contribution in [2.75, 3.05) is 13.2 Å². The van der Waals surface area contributed by atoms with E-state index >= 15 is 0 Å². The van der Waals surface area contributed by atoms with Gasteiger partial charge < -0.3 is 15.8 Å². The molecule has 1 amide bonds. The Morgan fingerprint density at radius 1 is 1.14 bits per heavy atom. The smallest absolute Gasteiger partial charge is 0.305 e. The van der Waals surface area contributed by atoms with Crippen molar-refractivity contribution in [2.45, 2.75) is 71.8 Å². The summed E-state index contributed by atoms with van der Waals surface area (Å²) in [7, 11) is 0. The maximum Gasteiger partial charge on any atom is 0.305 e. The maximum atomic E-state index is 11.7. The Hall–Kier alpha value is -1.10. The van der Waals surface area contributed by atoms with Crippen molar-refractivity contribution >= 4 is 11.9 Å². The zero-order valence-electron chi connectivity index (χ0n) is 13.8. The van der Waals surface area contributed by atoms with E-state index in [2.05, 4.69) is 19.2 Å². The average Bonchev–Trinajstić information content (AvgIpc) is 2.44. The van der Waals surface area contributed by atoms with Gasteiger partial charge in [0, 0.05) is 6.42 Å². The molecular weight excluding hydrogens is 268 g/mol. The summed E-state index contributed by atoms with van der Waals surface area (Å²) < 4.78 is 5.33. The van der Waals surface area contributed by atoms with Gasteiger partial charge in [-0.15, -0.1) is 0 Å². The predicted octanol–water partition coefficient (Wildman–Crippen LogP) is 2.38. The number of hydrogen-bond acceptors (Lipinski definition) is 4. The number of ether oxygens (including phenoxy) is 1. The van der Waals surface area contributed by atoms with E-state index in [-0.39, 0.29) is 17.9 Å². The summed E-state index contributed by atoms with van der Waals surface area (Å²) in [6, 6.07) is -0.306. The van der Waals surface area contributed by atoms with Gasteiger partial charge in [0.05, 0.1) is 12.6 Å². The molecule has 21 heavy (non-hydrogen) atoms. The fourth-order valence-corrected chi connectivity index (χ4v) is 2.37.